The Morgan fingerprint density at radius 1 is 1.28 bits per heavy atom. The number of nitrogens with two attached hydrogens (primary N) is 1. The lowest BCUT2D eigenvalue weighted by molar-refractivity contribution is 0.156. The van der Waals surface area contributed by atoms with E-state index in [1.807, 2.05) is 4.90 Å². The fourth-order valence-electron chi connectivity index (χ4n) is 1.89. The first-order valence-corrected chi connectivity index (χ1v) is 5.82. The molecule has 0 unspecified atom stereocenters. The van der Waals surface area contributed by atoms with Gasteiger partial charge in [-0.1, -0.05) is 0 Å². The van der Waals surface area contributed by atoms with Gasteiger partial charge in [0.15, 0.2) is 0 Å². The van der Waals surface area contributed by atoms with E-state index in [-0.39, 0.29) is 11.9 Å². The number of hydrogen-bond donors (Lipinski definition) is 1. The average molecular weight is 258 g/mol. The van der Waals surface area contributed by atoms with Crippen LogP contribution in [0, 0.1) is 0 Å². The third-order valence-electron chi connectivity index (χ3n) is 2.77. The summed E-state index contributed by atoms with van der Waals surface area (Å²) < 4.78 is 24.6. The summed E-state index contributed by atoms with van der Waals surface area (Å²) in [4.78, 5) is 15.4. The first kappa shape index (κ1) is 12.7. The van der Waals surface area contributed by atoms with Gasteiger partial charge in [0.2, 0.25) is 17.8 Å². The number of alkyl halides is 2. The molecule has 1 aromatic rings. The molecule has 1 fully saturated rings. The molecule has 0 saturated carbocycles. The van der Waals surface area contributed by atoms with Crippen molar-refractivity contribution in [3.8, 4) is 0 Å². The minimum Gasteiger partial charge on any atom is -0.368 e. The highest BCUT2D eigenvalue weighted by molar-refractivity contribution is 5.43. The molecule has 100 valence electrons. The molecule has 1 aliphatic heterocycles. The van der Waals surface area contributed by atoms with Crippen LogP contribution in [0.3, 0.4) is 0 Å². The summed E-state index contributed by atoms with van der Waals surface area (Å²) in [6.07, 6.45) is -0.287. The maximum atomic E-state index is 12.3. The van der Waals surface area contributed by atoms with Gasteiger partial charge in [-0.25, -0.2) is 8.78 Å². The molecule has 8 heteroatoms. The van der Waals surface area contributed by atoms with Gasteiger partial charge in [0.25, 0.3) is 6.43 Å². The zero-order valence-electron chi connectivity index (χ0n) is 10.2. The Kier molecular flexibility index (Phi) is 3.73. The Hall–Kier alpha value is -1.73. The topological polar surface area (TPSA) is 71.2 Å². The zero-order valence-corrected chi connectivity index (χ0v) is 10.2. The van der Waals surface area contributed by atoms with Gasteiger partial charge in [-0.3, -0.25) is 0 Å². The van der Waals surface area contributed by atoms with Crippen LogP contribution in [-0.4, -0.2) is 48.1 Å². The monoisotopic (exact) mass is 258 g/mol. The number of hydrogen-bond acceptors (Lipinski definition) is 6. The summed E-state index contributed by atoms with van der Waals surface area (Å²) in [5.74, 6) is 0.712. The van der Waals surface area contributed by atoms with E-state index >= 15 is 0 Å². The molecule has 0 aliphatic carbocycles. The van der Waals surface area contributed by atoms with E-state index in [1.54, 1.807) is 0 Å². The van der Waals surface area contributed by atoms with E-state index < -0.39 is 13.0 Å². The molecule has 0 aromatic carbocycles. The Labute approximate surface area is 104 Å². The summed E-state index contributed by atoms with van der Waals surface area (Å²) in [6, 6.07) is 0. The molecule has 2 rings (SSSR count). The van der Waals surface area contributed by atoms with Crippen LogP contribution in [0.1, 0.15) is 12.8 Å². The number of rotatable bonds is 4. The second-order valence-corrected chi connectivity index (χ2v) is 4.26. The second-order valence-electron chi connectivity index (χ2n) is 4.26. The van der Waals surface area contributed by atoms with Gasteiger partial charge in [0.05, 0.1) is 6.54 Å². The molecular formula is C10H16F2N6. The quantitative estimate of drug-likeness (QED) is 0.859. The largest absolute Gasteiger partial charge is 0.368 e. The minimum absolute atomic E-state index is 0.0583. The fraction of sp³-hybridized carbons (Fsp3) is 0.700. The maximum Gasteiger partial charge on any atom is 0.255 e. The van der Waals surface area contributed by atoms with E-state index in [2.05, 4.69) is 15.0 Å². The SMILES string of the molecule is CN(CC(F)F)c1nc(N)nc(N2CCCC2)n1. The first-order valence-electron chi connectivity index (χ1n) is 5.82. The Morgan fingerprint density at radius 3 is 2.56 bits per heavy atom. The fourth-order valence-corrected chi connectivity index (χ4v) is 1.89. The van der Waals surface area contributed by atoms with E-state index in [0.29, 0.717) is 5.95 Å². The van der Waals surface area contributed by atoms with E-state index in [1.165, 1.54) is 11.9 Å². The van der Waals surface area contributed by atoms with Crippen molar-refractivity contribution < 1.29 is 8.78 Å². The highest BCUT2D eigenvalue weighted by Gasteiger charge is 2.19. The van der Waals surface area contributed by atoms with E-state index in [9.17, 15) is 8.78 Å². The van der Waals surface area contributed by atoms with E-state index in [4.69, 9.17) is 5.73 Å². The normalized spacial score (nSPS) is 15.4. The number of nitrogens with zero attached hydrogens (tertiary/aromatic N) is 5. The summed E-state index contributed by atoms with van der Waals surface area (Å²) >= 11 is 0. The molecule has 1 aliphatic rings. The molecule has 0 amide bonds. The third kappa shape index (κ3) is 2.93. The van der Waals surface area contributed by atoms with Crippen LogP contribution in [0.4, 0.5) is 26.6 Å². The number of anilines is 3. The lowest BCUT2D eigenvalue weighted by atomic mass is 10.4. The molecule has 18 heavy (non-hydrogen) atoms. The van der Waals surface area contributed by atoms with Crippen molar-refractivity contribution in [3.05, 3.63) is 0 Å². The van der Waals surface area contributed by atoms with Crippen molar-refractivity contribution >= 4 is 17.8 Å². The molecule has 1 aromatic heterocycles. The van der Waals surface area contributed by atoms with Gasteiger partial charge >= 0.3 is 0 Å². The average Bonchev–Trinajstić information content (AvgIpc) is 2.80. The Bertz CT molecular complexity index is 407. The van der Waals surface area contributed by atoms with Crippen molar-refractivity contribution in [3.63, 3.8) is 0 Å². The van der Waals surface area contributed by atoms with Gasteiger partial charge in [-0.15, -0.1) is 0 Å². The lowest BCUT2D eigenvalue weighted by Gasteiger charge is -2.20. The second kappa shape index (κ2) is 5.28. The lowest BCUT2D eigenvalue weighted by Crippen LogP contribution is -2.28. The molecule has 0 bridgehead atoms. The van der Waals surface area contributed by atoms with Crippen molar-refractivity contribution in [2.45, 2.75) is 19.3 Å². The van der Waals surface area contributed by atoms with Crippen LogP contribution in [0.2, 0.25) is 0 Å². The van der Waals surface area contributed by atoms with Gasteiger partial charge in [-0.05, 0) is 12.8 Å². The van der Waals surface area contributed by atoms with E-state index in [0.717, 1.165) is 25.9 Å². The molecule has 0 radical (unpaired) electrons. The summed E-state index contributed by atoms with van der Waals surface area (Å²) in [7, 11) is 1.51. The standard InChI is InChI=1S/C10H16F2N6/c1-17(6-7(11)12)9-14-8(13)15-10(16-9)18-4-2-3-5-18/h7H,2-6H2,1H3,(H2,13,14,15,16). The van der Waals surface area contributed by atoms with Gasteiger partial charge in [-0.2, -0.15) is 15.0 Å². The third-order valence-corrected chi connectivity index (χ3v) is 2.77. The molecular weight excluding hydrogens is 242 g/mol. The van der Waals surface area contributed by atoms with Crippen molar-refractivity contribution in [2.75, 3.05) is 42.2 Å². The smallest absolute Gasteiger partial charge is 0.255 e. The molecule has 0 spiro atoms. The van der Waals surface area contributed by atoms with Crippen LogP contribution < -0.4 is 15.5 Å². The van der Waals surface area contributed by atoms with Crippen LogP contribution in [-0.2, 0) is 0 Å². The van der Waals surface area contributed by atoms with Gasteiger partial charge in [0.1, 0.15) is 0 Å². The summed E-state index contributed by atoms with van der Waals surface area (Å²) in [5, 5.41) is 0. The molecule has 6 nitrogen and oxygen atoms in total. The van der Waals surface area contributed by atoms with Crippen LogP contribution in [0.25, 0.3) is 0 Å². The predicted octanol–water partition coefficient (Wildman–Crippen LogP) is 0.755. The number of aromatic nitrogens is 3. The Morgan fingerprint density at radius 2 is 1.94 bits per heavy atom. The van der Waals surface area contributed by atoms with Gasteiger partial charge < -0.3 is 15.5 Å². The summed E-state index contributed by atoms with van der Waals surface area (Å²) in [6.45, 7) is 1.30. The predicted molar refractivity (Wildman–Crippen MR) is 65.0 cm³/mol. The maximum absolute atomic E-state index is 12.3. The number of halogens is 2. The minimum atomic E-state index is -2.44. The van der Waals surface area contributed by atoms with Gasteiger partial charge in [0, 0.05) is 20.1 Å². The van der Waals surface area contributed by atoms with Crippen molar-refractivity contribution in [2.24, 2.45) is 0 Å². The molecule has 0 atom stereocenters. The molecule has 2 N–H and O–H groups in total. The molecule has 2 heterocycles. The van der Waals surface area contributed by atoms with Crippen LogP contribution in [0.5, 0.6) is 0 Å². The molecule has 1 saturated heterocycles. The highest BCUT2D eigenvalue weighted by Crippen LogP contribution is 2.19. The van der Waals surface area contributed by atoms with Crippen LogP contribution in [0.15, 0.2) is 0 Å². The number of nitrogen functional groups attached to an aromatic ring is 1. The zero-order chi connectivity index (χ0) is 13.1. The van der Waals surface area contributed by atoms with Crippen molar-refractivity contribution in [1.82, 2.24) is 15.0 Å². The Balaban J connectivity index is 2.20. The highest BCUT2D eigenvalue weighted by atomic mass is 19.3. The van der Waals surface area contributed by atoms with Crippen molar-refractivity contribution in [1.29, 1.82) is 0 Å². The van der Waals surface area contributed by atoms with Crippen LogP contribution >= 0.6 is 0 Å². The summed E-state index contributed by atoms with van der Waals surface area (Å²) in [5.41, 5.74) is 5.59. The first-order chi connectivity index (χ1) is 8.56.